The number of likely N-dealkylation sites (N-methyl/N-ethyl adjacent to an activating group) is 1. The molecule has 2 aliphatic heterocycles. The van der Waals surface area contributed by atoms with Gasteiger partial charge in [-0.1, -0.05) is 12.1 Å². The zero-order valence-electron chi connectivity index (χ0n) is 18.0. The zero-order valence-corrected chi connectivity index (χ0v) is 20.4. The van der Waals surface area contributed by atoms with E-state index in [2.05, 4.69) is 21.6 Å². The van der Waals surface area contributed by atoms with E-state index in [1.54, 1.807) is 12.1 Å². The zero-order chi connectivity index (χ0) is 22.1. The Labute approximate surface area is 196 Å². The van der Waals surface area contributed by atoms with Crippen LogP contribution in [0.4, 0.5) is 11.4 Å². The maximum Gasteiger partial charge on any atom is 0.261 e. The molecule has 2 heterocycles. The molecule has 0 saturated carbocycles. The van der Waals surface area contributed by atoms with Crippen LogP contribution in [0.1, 0.15) is 12.8 Å². The highest BCUT2D eigenvalue weighted by Crippen LogP contribution is 2.29. The van der Waals surface area contributed by atoms with E-state index in [-0.39, 0.29) is 22.2 Å². The first-order chi connectivity index (χ1) is 14.8. The molecule has 0 spiro atoms. The molecule has 0 amide bonds. The average Bonchev–Trinajstić information content (AvgIpc) is 3.31. The minimum absolute atomic E-state index is 0. The van der Waals surface area contributed by atoms with Crippen LogP contribution in [0, 0.1) is 0 Å². The summed E-state index contributed by atoms with van der Waals surface area (Å²) >= 11 is 0. The number of sulfonamides is 2. The van der Waals surface area contributed by atoms with Gasteiger partial charge in [-0.2, -0.15) is 4.31 Å². The molecule has 2 aromatic rings. The number of hydrogen-bond donors (Lipinski definition) is 1. The number of nitrogens with zero attached hydrogens (tertiary/aromatic N) is 3. The summed E-state index contributed by atoms with van der Waals surface area (Å²) in [5.41, 5.74) is 1.35. The number of nitrogens with one attached hydrogen (secondary N) is 1. The van der Waals surface area contributed by atoms with Gasteiger partial charge in [0.1, 0.15) is 0 Å². The Morgan fingerprint density at radius 3 is 1.94 bits per heavy atom. The van der Waals surface area contributed by atoms with E-state index in [9.17, 15) is 16.8 Å². The van der Waals surface area contributed by atoms with Crippen molar-refractivity contribution in [1.82, 2.24) is 9.21 Å². The molecule has 0 aromatic heterocycles. The van der Waals surface area contributed by atoms with E-state index in [1.807, 2.05) is 12.1 Å². The van der Waals surface area contributed by atoms with E-state index in [4.69, 9.17) is 0 Å². The normalized spacial score (nSPS) is 18.3. The molecule has 11 heteroatoms. The van der Waals surface area contributed by atoms with Crippen LogP contribution in [0.25, 0.3) is 0 Å². The topological polar surface area (TPSA) is 90.0 Å². The predicted molar refractivity (Wildman–Crippen MR) is 129 cm³/mol. The van der Waals surface area contributed by atoms with Crippen molar-refractivity contribution in [2.45, 2.75) is 22.6 Å². The smallest absolute Gasteiger partial charge is 0.261 e. The van der Waals surface area contributed by atoms with E-state index >= 15 is 0 Å². The quantitative estimate of drug-likeness (QED) is 0.655. The van der Waals surface area contributed by atoms with Crippen LogP contribution in [0.3, 0.4) is 0 Å². The summed E-state index contributed by atoms with van der Waals surface area (Å²) in [7, 11) is -5.37. The molecule has 0 bridgehead atoms. The van der Waals surface area contributed by atoms with Crippen molar-refractivity contribution in [3.63, 3.8) is 0 Å². The summed E-state index contributed by atoms with van der Waals surface area (Å²) in [4.78, 5) is 4.55. The van der Waals surface area contributed by atoms with Gasteiger partial charge in [-0.05, 0) is 56.3 Å². The van der Waals surface area contributed by atoms with Crippen molar-refractivity contribution in [2.75, 3.05) is 55.9 Å². The van der Waals surface area contributed by atoms with E-state index in [1.165, 1.54) is 28.6 Å². The molecule has 32 heavy (non-hydrogen) atoms. The van der Waals surface area contributed by atoms with E-state index in [0.717, 1.165) is 44.7 Å². The summed E-state index contributed by atoms with van der Waals surface area (Å²) in [5, 5.41) is 0. The number of benzene rings is 2. The number of hydrogen-bond acceptors (Lipinski definition) is 6. The second-order valence-corrected chi connectivity index (χ2v) is 11.6. The van der Waals surface area contributed by atoms with Gasteiger partial charge in [-0.3, -0.25) is 4.72 Å². The second kappa shape index (κ2) is 9.96. The fourth-order valence-corrected chi connectivity index (χ4v) is 6.55. The van der Waals surface area contributed by atoms with Crippen molar-refractivity contribution in [1.29, 1.82) is 0 Å². The molecule has 2 fully saturated rings. The summed E-state index contributed by atoms with van der Waals surface area (Å²) in [6.07, 6.45) is 1.70. The van der Waals surface area contributed by atoms with E-state index in [0.29, 0.717) is 18.8 Å². The van der Waals surface area contributed by atoms with Gasteiger partial charge in [0.2, 0.25) is 10.0 Å². The van der Waals surface area contributed by atoms with Gasteiger partial charge in [0.25, 0.3) is 10.0 Å². The molecular weight excluding hydrogens is 472 g/mol. The Kier molecular flexibility index (Phi) is 7.72. The SMILES string of the molecule is CN1CCN(c2ccccc2NS(=O)(=O)c2ccc(S(=O)(=O)N3CCCC3)cc2)CC1.Cl. The molecule has 8 nitrogen and oxygen atoms in total. The highest BCUT2D eigenvalue weighted by atomic mass is 35.5. The lowest BCUT2D eigenvalue weighted by molar-refractivity contribution is 0.313. The van der Waals surface area contributed by atoms with Gasteiger partial charge in [0.05, 0.1) is 21.2 Å². The number of rotatable bonds is 6. The van der Waals surface area contributed by atoms with Crippen LogP contribution >= 0.6 is 12.4 Å². The lowest BCUT2D eigenvalue weighted by Gasteiger charge is -2.35. The number of halogens is 1. The molecule has 0 radical (unpaired) electrons. The van der Waals surface area contributed by atoms with E-state index < -0.39 is 20.0 Å². The lowest BCUT2D eigenvalue weighted by atomic mass is 10.2. The largest absolute Gasteiger partial charge is 0.367 e. The Morgan fingerprint density at radius 1 is 0.750 bits per heavy atom. The monoisotopic (exact) mass is 500 g/mol. The molecule has 2 saturated heterocycles. The van der Waals surface area contributed by atoms with Crippen LogP contribution in [0.2, 0.25) is 0 Å². The maximum atomic E-state index is 13.0. The highest BCUT2D eigenvalue weighted by Gasteiger charge is 2.28. The van der Waals surface area contributed by atoms with Gasteiger partial charge in [0.15, 0.2) is 0 Å². The molecular formula is C21H29ClN4O4S2. The first kappa shape index (κ1) is 24.8. The third kappa shape index (κ3) is 5.20. The van der Waals surface area contributed by atoms with Crippen LogP contribution in [-0.2, 0) is 20.0 Å². The van der Waals surface area contributed by atoms with Crippen LogP contribution in [0.15, 0.2) is 58.3 Å². The minimum atomic E-state index is -3.86. The first-order valence-corrected chi connectivity index (χ1v) is 13.4. The van der Waals surface area contributed by atoms with Crippen molar-refractivity contribution < 1.29 is 16.8 Å². The first-order valence-electron chi connectivity index (χ1n) is 10.4. The molecule has 0 aliphatic carbocycles. The van der Waals surface area contributed by atoms with Crippen LogP contribution < -0.4 is 9.62 Å². The van der Waals surface area contributed by atoms with Gasteiger partial charge in [-0.15, -0.1) is 12.4 Å². The molecule has 0 unspecified atom stereocenters. The third-order valence-electron chi connectivity index (χ3n) is 5.83. The van der Waals surface area contributed by atoms with Crippen molar-refractivity contribution in [3.05, 3.63) is 48.5 Å². The molecule has 2 aromatic carbocycles. The Hall–Kier alpha value is -1.85. The molecule has 4 rings (SSSR count). The van der Waals surface area contributed by atoms with Crippen LogP contribution in [0.5, 0.6) is 0 Å². The number of anilines is 2. The molecule has 2 aliphatic rings. The highest BCUT2D eigenvalue weighted by molar-refractivity contribution is 7.92. The van der Waals surface area contributed by atoms with Gasteiger partial charge >= 0.3 is 0 Å². The van der Waals surface area contributed by atoms with Gasteiger partial charge in [-0.25, -0.2) is 16.8 Å². The van der Waals surface area contributed by atoms with Crippen molar-refractivity contribution in [2.24, 2.45) is 0 Å². The van der Waals surface area contributed by atoms with Crippen LogP contribution in [-0.4, -0.2) is 72.4 Å². The summed E-state index contributed by atoms with van der Waals surface area (Å²) in [6.45, 7) is 4.47. The Bertz CT molecular complexity index is 1130. The predicted octanol–water partition coefficient (Wildman–Crippen LogP) is 2.45. The number of para-hydroxylation sites is 2. The summed E-state index contributed by atoms with van der Waals surface area (Å²) in [5.74, 6) is 0. The van der Waals surface area contributed by atoms with Crippen molar-refractivity contribution in [3.8, 4) is 0 Å². The van der Waals surface area contributed by atoms with Gasteiger partial charge < -0.3 is 9.80 Å². The molecule has 0 atom stereocenters. The molecule has 1 N–H and O–H groups in total. The fraction of sp³-hybridized carbons (Fsp3) is 0.429. The van der Waals surface area contributed by atoms with Crippen molar-refractivity contribution >= 4 is 43.8 Å². The minimum Gasteiger partial charge on any atom is -0.367 e. The Morgan fingerprint density at radius 2 is 1.31 bits per heavy atom. The second-order valence-electron chi connectivity index (χ2n) is 8.00. The van der Waals surface area contributed by atoms with Gasteiger partial charge in [0, 0.05) is 39.3 Å². The maximum absolute atomic E-state index is 13.0. The third-order valence-corrected chi connectivity index (χ3v) is 9.12. The lowest BCUT2D eigenvalue weighted by Crippen LogP contribution is -2.44. The summed E-state index contributed by atoms with van der Waals surface area (Å²) < 4.78 is 55.5. The standard InChI is InChI=1S/C21H28N4O4S2.ClH/c1-23-14-16-24(17-15-23)21-7-3-2-6-20(21)22-30(26,27)18-8-10-19(11-9-18)31(28,29)25-12-4-5-13-25;/h2-3,6-11,22H,4-5,12-17H2,1H3;1H. The fourth-order valence-electron chi connectivity index (χ4n) is 3.96. The molecule has 176 valence electrons. The summed E-state index contributed by atoms with van der Waals surface area (Å²) in [6, 6.07) is 12.8. The number of piperazine rings is 1. The average molecular weight is 501 g/mol. The Balaban J connectivity index is 0.00000289.